The van der Waals surface area contributed by atoms with E-state index in [2.05, 4.69) is 0 Å². The summed E-state index contributed by atoms with van der Waals surface area (Å²) in [6.45, 7) is -0.132. The number of hydrogen-bond donors (Lipinski definition) is 1. The molecule has 2 unspecified atom stereocenters. The molecule has 1 amide bonds. The van der Waals surface area contributed by atoms with Crippen LogP contribution in [0.1, 0.15) is 36.8 Å². The fourth-order valence-corrected chi connectivity index (χ4v) is 4.71. The summed E-state index contributed by atoms with van der Waals surface area (Å²) < 4.78 is 28.6. The Balaban J connectivity index is 1.73. The van der Waals surface area contributed by atoms with E-state index in [4.69, 9.17) is 0 Å². The number of ketones is 1. The van der Waals surface area contributed by atoms with Crippen LogP contribution in [0.4, 0.5) is 8.78 Å². The largest absolute Gasteiger partial charge is 0.481 e. The molecular formula is C27H25F2NO4. The van der Waals surface area contributed by atoms with Gasteiger partial charge in [0.1, 0.15) is 11.6 Å². The van der Waals surface area contributed by atoms with Gasteiger partial charge in [0.05, 0.1) is 11.8 Å². The molecule has 4 rings (SSSR count). The van der Waals surface area contributed by atoms with Gasteiger partial charge in [-0.15, -0.1) is 0 Å². The van der Waals surface area contributed by atoms with Crippen LogP contribution in [0.25, 0.3) is 12.2 Å². The van der Waals surface area contributed by atoms with E-state index >= 15 is 0 Å². The van der Waals surface area contributed by atoms with Gasteiger partial charge in [-0.1, -0.05) is 49.2 Å². The van der Waals surface area contributed by atoms with Crippen molar-refractivity contribution in [3.63, 3.8) is 0 Å². The van der Waals surface area contributed by atoms with Gasteiger partial charge in [0, 0.05) is 35.4 Å². The van der Waals surface area contributed by atoms with E-state index in [9.17, 15) is 28.3 Å². The fraction of sp³-hybridized carbons (Fsp3) is 0.296. The topological polar surface area (TPSA) is 74.7 Å². The van der Waals surface area contributed by atoms with Crippen LogP contribution in [-0.2, 0) is 14.4 Å². The second-order valence-corrected chi connectivity index (χ2v) is 8.74. The number of carbonyl (C=O) groups is 3. The van der Waals surface area contributed by atoms with Gasteiger partial charge in [0.2, 0.25) is 5.91 Å². The number of carbonyl (C=O) groups excluding carboxylic acids is 2. The van der Waals surface area contributed by atoms with Gasteiger partial charge in [-0.3, -0.25) is 14.4 Å². The Morgan fingerprint density at radius 2 is 1.29 bits per heavy atom. The lowest BCUT2D eigenvalue weighted by Gasteiger charge is -2.36. The van der Waals surface area contributed by atoms with E-state index in [1.807, 2.05) is 0 Å². The molecule has 0 radical (unpaired) electrons. The maximum atomic E-state index is 14.3. The number of benzene rings is 2. The highest BCUT2D eigenvalue weighted by atomic mass is 19.1. The number of piperidine rings is 1. The smallest absolute Gasteiger partial charge is 0.307 e. The summed E-state index contributed by atoms with van der Waals surface area (Å²) in [5.74, 6) is -4.24. The minimum Gasteiger partial charge on any atom is -0.481 e. The Morgan fingerprint density at radius 3 is 1.76 bits per heavy atom. The minimum absolute atomic E-state index is 0.0660. The highest BCUT2D eigenvalue weighted by Gasteiger charge is 2.40. The fourth-order valence-electron chi connectivity index (χ4n) is 4.71. The van der Waals surface area contributed by atoms with Gasteiger partial charge in [-0.2, -0.15) is 0 Å². The molecule has 2 aromatic rings. The lowest BCUT2D eigenvalue weighted by atomic mass is 9.78. The number of Topliss-reactive ketones (excluding diaryl/α,β-unsaturated/α-hetero) is 1. The first-order chi connectivity index (χ1) is 16.3. The summed E-state index contributed by atoms with van der Waals surface area (Å²) in [5.41, 5.74) is 0.780. The molecule has 0 aromatic heterocycles. The molecule has 1 saturated carbocycles. The van der Waals surface area contributed by atoms with E-state index in [1.165, 1.54) is 53.5 Å². The van der Waals surface area contributed by atoms with Crippen molar-refractivity contribution in [2.45, 2.75) is 25.7 Å². The van der Waals surface area contributed by atoms with Crippen molar-refractivity contribution in [1.82, 2.24) is 4.90 Å². The predicted molar refractivity (Wildman–Crippen MR) is 123 cm³/mol. The summed E-state index contributed by atoms with van der Waals surface area (Å²) in [7, 11) is 0. The number of carboxylic acid groups (broad SMARTS) is 1. The van der Waals surface area contributed by atoms with Crippen LogP contribution >= 0.6 is 0 Å². The molecule has 1 N–H and O–H groups in total. The van der Waals surface area contributed by atoms with Gasteiger partial charge in [0.25, 0.3) is 0 Å². The van der Waals surface area contributed by atoms with Crippen LogP contribution in [0.2, 0.25) is 0 Å². The van der Waals surface area contributed by atoms with E-state index < -0.39 is 35.2 Å². The third-order valence-electron chi connectivity index (χ3n) is 6.49. The second kappa shape index (κ2) is 10.1. The third-order valence-corrected chi connectivity index (χ3v) is 6.49. The second-order valence-electron chi connectivity index (χ2n) is 8.74. The first-order valence-electron chi connectivity index (χ1n) is 11.3. The summed E-state index contributed by atoms with van der Waals surface area (Å²) >= 11 is 0. The first-order valence-corrected chi connectivity index (χ1v) is 11.3. The van der Waals surface area contributed by atoms with Crippen molar-refractivity contribution in [3.05, 3.63) is 82.4 Å². The van der Waals surface area contributed by atoms with Crippen molar-refractivity contribution < 1.29 is 28.3 Å². The standard InChI is InChI=1S/C27H25F2NO4/c28-23-11-5-1-7-17(23)13-19-15-30(26(32)21-9-3-4-10-22(21)27(33)34)16-20(25(19)31)14-18-8-2-6-12-24(18)29/h1-2,5-8,11-14,21-22H,3-4,9-10,15-16H2,(H,33,34)/b19-13+,20-14+. The molecular weight excluding hydrogens is 440 g/mol. The number of rotatable bonds is 4. The minimum atomic E-state index is -1.00. The SMILES string of the molecule is O=C1/C(=C/c2ccccc2F)CN(C(=O)C2CCCCC2C(=O)O)C/C1=C\c1ccccc1F. The van der Waals surface area contributed by atoms with Gasteiger partial charge in [-0.25, -0.2) is 8.78 Å². The number of amides is 1. The molecule has 1 saturated heterocycles. The molecule has 1 heterocycles. The number of aliphatic carboxylic acids is 1. The molecule has 2 aromatic carbocycles. The summed E-state index contributed by atoms with van der Waals surface area (Å²) in [6, 6.07) is 12.0. The predicted octanol–water partition coefficient (Wildman–Crippen LogP) is 4.73. The normalized spacial score (nSPS) is 23.4. The average Bonchev–Trinajstić information content (AvgIpc) is 2.83. The van der Waals surface area contributed by atoms with Crippen molar-refractivity contribution in [2.24, 2.45) is 11.8 Å². The van der Waals surface area contributed by atoms with Crippen LogP contribution in [0.15, 0.2) is 59.7 Å². The molecule has 2 atom stereocenters. The molecule has 34 heavy (non-hydrogen) atoms. The Morgan fingerprint density at radius 1 is 0.824 bits per heavy atom. The van der Waals surface area contributed by atoms with Crippen LogP contribution in [0, 0.1) is 23.5 Å². The summed E-state index contributed by atoms with van der Waals surface area (Å²) in [5, 5.41) is 9.62. The van der Waals surface area contributed by atoms with Crippen molar-refractivity contribution in [3.8, 4) is 0 Å². The zero-order chi connectivity index (χ0) is 24.2. The van der Waals surface area contributed by atoms with Gasteiger partial charge >= 0.3 is 5.97 Å². The number of hydrogen-bond acceptors (Lipinski definition) is 3. The lowest BCUT2D eigenvalue weighted by Crippen LogP contribution is -2.47. The molecule has 5 nitrogen and oxygen atoms in total. The lowest BCUT2D eigenvalue weighted by molar-refractivity contribution is -0.152. The third kappa shape index (κ3) is 4.98. The highest BCUT2D eigenvalue weighted by molar-refractivity contribution is 6.15. The number of likely N-dealkylation sites (tertiary alicyclic amines) is 1. The Hall–Kier alpha value is -3.61. The monoisotopic (exact) mass is 465 g/mol. The van der Waals surface area contributed by atoms with Crippen molar-refractivity contribution in [2.75, 3.05) is 13.1 Å². The molecule has 7 heteroatoms. The maximum absolute atomic E-state index is 14.3. The Bertz CT molecular complexity index is 1120. The van der Waals surface area contributed by atoms with Crippen molar-refractivity contribution >= 4 is 29.8 Å². The van der Waals surface area contributed by atoms with Crippen LogP contribution in [-0.4, -0.2) is 40.8 Å². The Kier molecular flexibility index (Phi) is 7.01. The quantitative estimate of drug-likeness (QED) is 0.663. The molecule has 0 bridgehead atoms. The van der Waals surface area contributed by atoms with Crippen LogP contribution in [0.5, 0.6) is 0 Å². The molecule has 1 aliphatic heterocycles. The molecule has 176 valence electrons. The van der Waals surface area contributed by atoms with Gasteiger partial charge in [0.15, 0.2) is 5.78 Å². The maximum Gasteiger partial charge on any atom is 0.307 e. The average molecular weight is 465 g/mol. The molecule has 2 aliphatic rings. The van der Waals surface area contributed by atoms with Gasteiger partial charge < -0.3 is 10.0 Å². The molecule has 0 spiro atoms. The summed E-state index contributed by atoms with van der Waals surface area (Å²) in [6.07, 6.45) is 5.19. The Labute approximate surface area is 196 Å². The first kappa shape index (κ1) is 23.5. The van der Waals surface area contributed by atoms with Crippen molar-refractivity contribution in [1.29, 1.82) is 0 Å². The van der Waals surface area contributed by atoms with E-state index in [0.717, 1.165) is 12.8 Å². The molecule has 1 aliphatic carbocycles. The number of nitrogens with zero attached hydrogens (tertiary/aromatic N) is 1. The highest BCUT2D eigenvalue weighted by Crippen LogP contribution is 2.33. The van der Waals surface area contributed by atoms with E-state index in [-0.39, 0.29) is 41.3 Å². The molecule has 2 fully saturated rings. The number of carboxylic acids is 1. The summed E-state index contributed by atoms with van der Waals surface area (Å²) in [4.78, 5) is 39.9. The van der Waals surface area contributed by atoms with E-state index in [0.29, 0.717) is 12.8 Å². The number of halogens is 2. The van der Waals surface area contributed by atoms with Crippen LogP contribution in [0.3, 0.4) is 0 Å². The zero-order valence-electron chi connectivity index (χ0n) is 18.5. The van der Waals surface area contributed by atoms with Gasteiger partial charge in [-0.05, 0) is 37.1 Å². The van der Waals surface area contributed by atoms with E-state index in [1.54, 1.807) is 12.1 Å². The van der Waals surface area contributed by atoms with Crippen LogP contribution < -0.4 is 0 Å². The zero-order valence-corrected chi connectivity index (χ0v) is 18.5.